The maximum Gasteiger partial charge on any atom is 0.123 e. The van der Waals surface area contributed by atoms with Crippen molar-refractivity contribution in [3.8, 4) is 0 Å². The van der Waals surface area contributed by atoms with Crippen molar-refractivity contribution in [2.24, 2.45) is 9.98 Å². The Kier molecular flexibility index (Phi) is 6.36. The first-order valence-corrected chi connectivity index (χ1v) is 10.5. The fourth-order valence-electron chi connectivity index (χ4n) is 3.60. The van der Waals surface area contributed by atoms with Gasteiger partial charge in [-0.1, -0.05) is 36.9 Å². The summed E-state index contributed by atoms with van der Waals surface area (Å²) in [5.74, 6) is 0.566. The molecule has 2 heterocycles. The number of aliphatic imine (C=N–C) groups is 2. The van der Waals surface area contributed by atoms with Gasteiger partial charge >= 0.3 is 0 Å². The van der Waals surface area contributed by atoms with E-state index in [0.29, 0.717) is 6.54 Å². The van der Waals surface area contributed by atoms with Gasteiger partial charge in [0.1, 0.15) is 5.82 Å². The van der Waals surface area contributed by atoms with Crippen LogP contribution < -0.4 is 5.32 Å². The summed E-state index contributed by atoms with van der Waals surface area (Å²) in [6.45, 7) is 8.97. The summed E-state index contributed by atoms with van der Waals surface area (Å²) in [5, 5.41) is 3.30. The molecule has 4 rings (SSSR count). The minimum atomic E-state index is -0.224. The molecule has 4 nitrogen and oxygen atoms in total. The average molecular weight is 425 g/mol. The molecule has 0 bridgehead atoms. The second-order valence-electron chi connectivity index (χ2n) is 7.74. The molecule has 0 amide bonds. The van der Waals surface area contributed by atoms with Gasteiger partial charge in [0.25, 0.3) is 0 Å². The molecular weight excluding hydrogens is 399 g/mol. The van der Waals surface area contributed by atoms with Crippen molar-refractivity contribution in [1.82, 2.24) is 10.3 Å². The second kappa shape index (κ2) is 9.52. The zero-order valence-electron chi connectivity index (χ0n) is 18.3. The Balaban J connectivity index is 1.57. The third-order valence-electron chi connectivity index (χ3n) is 5.33. The normalized spacial score (nSPS) is 17.0. The molecule has 0 saturated carbocycles. The highest BCUT2D eigenvalue weighted by molar-refractivity contribution is 6.18. The molecule has 1 aromatic heterocycles. The van der Waals surface area contributed by atoms with Crippen molar-refractivity contribution < 1.29 is 4.39 Å². The molecule has 160 valence electrons. The van der Waals surface area contributed by atoms with Crippen LogP contribution in [-0.2, 0) is 6.42 Å². The van der Waals surface area contributed by atoms with E-state index in [1.54, 1.807) is 24.5 Å². The smallest absolute Gasteiger partial charge is 0.123 e. The van der Waals surface area contributed by atoms with E-state index in [1.165, 1.54) is 12.1 Å². The summed E-state index contributed by atoms with van der Waals surface area (Å²) in [6.07, 6.45) is 14.4. The number of allylic oxidation sites excluding steroid dienone is 8. The molecule has 0 fully saturated rings. The van der Waals surface area contributed by atoms with Crippen LogP contribution in [0.4, 0.5) is 10.1 Å². The number of nitrogens with zero attached hydrogens (tertiary/aromatic N) is 3. The molecule has 5 heteroatoms. The van der Waals surface area contributed by atoms with Crippen molar-refractivity contribution >= 4 is 22.8 Å². The number of amidine groups is 1. The van der Waals surface area contributed by atoms with Gasteiger partial charge in [-0.2, -0.15) is 0 Å². The number of aromatic nitrogens is 1. The van der Waals surface area contributed by atoms with Gasteiger partial charge in [0.05, 0.1) is 23.4 Å². The number of rotatable bonds is 4. The van der Waals surface area contributed by atoms with Gasteiger partial charge < -0.3 is 5.32 Å². The van der Waals surface area contributed by atoms with Crippen molar-refractivity contribution in [1.29, 1.82) is 0 Å². The summed E-state index contributed by atoms with van der Waals surface area (Å²) in [6, 6.07) is 8.49. The average Bonchev–Trinajstić information content (AvgIpc) is 3.02. The van der Waals surface area contributed by atoms with E-state index in [4.69, 9.17) is 4.99 Å². The molecular formula is C27H25FN4. The van der Waals surface area contributed by atoms with Crippen LogP contribution in [0.2, 0.25) is 0 Å². The lowest BCUT2D eigenvalue weighted by atomic mass is 9.92. The van der Waals surface area contributed by atoms with Crippen LogP contribution >= 0.6 is 0 Å². The minimum absolute atomic E-state index is 0.224. The SMILES string of the molecule is C=C1C2=CC=CC(C)=CC2=Nc2cnccc2/C1=C/NC(C)=NCCc1ccc(F)cc1. The molecule has 0 radical (unpaired) electrons. The van der Waals surface area contributed by atoms with E-state index in [0.717, 1.165) is 57.1 Å². The number of benzene rings is 1. The Morgan fingerprint density at radius 2 is 2.03 bits per heavy atom. The second-order valence-corrected chi connectivity index (χ2v) is 7.74. The van der Waals surface area contributed by atoms with Gasteiger partial charge in [-0.05, 0) is 61.3 Å². The fourth-order valence-corrected chi connectivity index (χ4v) is 3.60. The number of halogens is 1. The quantitative estimate of drug-likeness (QED) is 0.491. The molecule has 1 aliphatic carbocycles. The summed E-state index contributed by atoms with van der Waals surface area (Å²) in [7, 11) is 0. The maximum absolute atomic E-state index is 13.1. The molecule has 0 spiro atoms. The Labute approximate surface area is 188 Å². The van der Waals surface area contributed by atoms with Crippen LogP contribution in [0.25, 0.3) is 5.57 Å². The zero-order chi connectivity index (χ0) is 22.5. The lowest BCUT2D eigenvalue weighted by molar-refractivity contribution is 0.627. The van der Waals surface area contributed by atoms with Crippen molar-refractivity contribution in [3.63, 3.8) is 0 Å². The molecule has 0 unspecified atom stereocenters. The molecule has 2 aliphatic rings. The lowest BCUT2D eigenvalue weighted by Crippen LogP contribution is -2.15. The van der Waals surface area contributed by atoms with Gasteiger partial charge in [-0.3, -0.25) is 9.98 Å². The first-order valence-electron chi connectivity index (χ1n) is 10.5. The molecule has 32 heavy (non-hydrogen) atoms. The molecule has 2 aromatic rings. The predicted octanol–water partition coefficient (Wildman–Crippen LogP) is 5.90. The van der Waals surface area contributed by atoms with Gasteiger partial charge in [-0.15, -0.1) is 0 Å². The topological polar surface area (TPSA) is 49.6 Å². The molecule has 1 aliphatic heterocycles. The van der Waals surface area contributed by atoms with E-state index < -0.39 is 0 Å². The highest BCUT2D eigenvalue weighted by Crippen LogP contribution is 2.38. The van der Waals surface area contributed by atoms with Gasteiger partial charge in [0, 0.05) is 35.7 Å². The van der Waals surface area contributed by atoms with Crippen LogP contribution in [0.15, 0.2) is 107 Å². The van der Waals surface area contributed by atoms with E-state index in [2.05, 4.69) is 40.9 Å². The highest BCUT2D eigenvalue weighted by atomic mass is 19.1. The highest BCUT2D eigenvalue weighted by Gasteiger charge is 2.21. The third-order valence-corrected chi connectivity index (χ3v) is 5.33. The molecule has 0 saturated heterocycles. The minimum Gasteiger partial charge on any atom is -0.350 e. The van der Waals surface area contributed by atoms with E-state index >= 15 is 0 Å². The maximum atomic E-state index is 13.1. The standard InChI is InChI=1S/C27H25FN4/c1-18-5-4-6-23-19(2)25(24-12-13-29-17-27(24)32-26(23)15-18)16-31-20(3)30-14-11-21-7-9-22(28)10-8-21/h4-10,12-13,15-17H,2,11,14H2,1,3H3,(H,30,31)/b25-16+. The number of pyridine rings is 1. The van der Waals surface area contributed by atoms with Crippen molar-refractivity contribution in [2.45, 2.75) is 20.3 Å². The van der Waals surface area contributed by atoms with Crippen LogP contribution in [-0.4, -0.2) is 23.1 Å². The monoisotopic (exact) mass is 424 g/mol. The van der Waals surface area contributed by atoms with Crippen LogP contribution in [0.1, 0.15) is 25.0 Å². The van der Waals surface area contributed by atoms with Gasteiger partial charge in [0.15, 0.2) is 0 Å². The number of fused-ring (bicyclic) bond motifs is 2. The first-order chi connectivity index (χ1) is 15.5. The molecule has 0 atom stereocenters. The zero-order valence-corrected chi connectivity index (χ0v) is 18.3. The summed E-state index contributed by atoms with van der Waals surface area (Å²) >= 11 is 0. The number of hydrogen-bond acceptors (Lipinski definition) is 3. The Morgan fingerprint density at radius 3 is 2.84 bits per heavy atom. The number of hydrogen-bond donors (Lipinski definition) is 1. The Morgan fingerprint density at radius 1 is 1.22 bits per heavy atom. The Bertz CT molecular complexity index is 1220. The lowest BCUT2D eigenvalue weighted by Gasteiger charge is -2.13. The van der Waals surface area contributed by atoms with Crippen LogP contribution in [0, 0.1) is 5.82 Å². The summed E-state index contributed by atoms with van der Waals surface area (Å²) < 4.78 is 13.1. The van der Waals surface area contributed by atoms with Gasteiger partial charge in [0.2, 0.25) is 0 Å². The fraction of sp³-hybridized carbons (Fsp3) is 0.148. The third kappa shape index (κ3) is 4.89. The first kappa shape index (κ1) is 21.4. The van der Waals surface area contributed by atoms with Crippen molar-refractivity contribution in [2.75, 3.05) is 6.54 Å². The molecule has 1 N–H and O–H groups in total. The van der Waals surface area contributed by atoms with Gasteiger partial charge in [-0.25, -0.2) is 9.38 Å². The van der Waals surface area contributed by atoms with Crippen LogP contribution in [0.5, 0.6) is 0 Å². The van der Waals surface area contributed by atoms with E-state index in [1.807, 2.05) is 31.3 Å². The van der Waals surface area contributed by atoms with E-state index in [-0.39, 0.29) is 5.82 Å². The molecule has 1 aromatic carbocycles. The van der Waals surface area contributed by atoms with E-state index in [9.17, 15) is 4.39 Å². The predicted molar refractivity (Wildman–Crippen MR) is 131 cm³/mol. The van der Waals surface area contributed by atoms with Crippen LogP contribution in [0.3, 0.4) is 0 Å². The van der Waals surface area contributed by atoms with Crippen molar-refractivity contribution in [3.05, 3.63) is 113 Å². The Hall–Kier alpha value is -3.86. The summed E-state index contributed by atoms with van der Waals surface area (Å²) in [4.78, 5) is 13.7. The largest absolute Gasteiger partial charge is 0.350 e. The summed E-state index contributed by atoms with van der Waals surface area (Å²) in [5.41, 5.74) is 7.64. The number of nitrogens with one attached hydrogen (secondary N) is 1.